The zero-order valence-corrected chi connectivity index (χ0v) is 8.27. The molecule has 0 saturated heterocycles. The summed E-state index contributed by atoms with van der Waals surface area (Å²) in [5, 5.41) is 21.5. The first-order chi connectivity index (χ1) is 6.38. The Morgan fingerprint density at radius 1 is 1.64 bits per heavy atom. The highest BCUT2D eigenvalue weighted by Gasteiger charge is 2.23. The Balaban J connectivity index is 3.37. The number of hydrogen-bond donors (Lipinski definition) is 1. The molecular formula is C9H11N3O2. The van der Waals surface area contributed by atoms with Gasteiger partial charge in [-0.1, -0.05) is 0 Å². The van der Waals surface area contributed by atoms with Gasteiger partial charge in [0, 0.05) is 0 Å². The number of aromatic carboxylic acids is 1. The molecule has 0 spiro atoms. The van der Waals surface area contributed by atoms with Crippen LogP contribution >= 0.6 is 0 Å². The molecule has 0 aliphatic heterocycles. The maximum absolute atomic E-state index is 10.7. The summed E-state index contributed by atoms with van der Waals surface area (Å²) in [6, 6.07) is 1.85. The zero-order chi connectivity index (χ0) is 10.9. The van der Waals surface area contributed by atoms with Crippen LogP contribution in [0.5, 0.6) is 0 Å². The minimum absolute atomic E-state index is 0.0533. The molecule has 0 radical (unpaired) electrons. The monoisotopic (exact) mass is 193 g/mol. The topological polar surface area (TPSA) is 78.9 Å². The van der Waals surface area contributed by atoms with Crippen molar-refractivity contribution >= 4 is 5.97 Å². The summed E-state index contributed by atoms with van der Waals surface area (Å²) >= 11 is 0. The highest BCUT2D eigenvalue weighted by molar-refractivity contribution is 5.89. The molecule has 1 aromatic heterocycles. The molecule has 1 heterocycles. The van der Waals surface area contributed by atoms with Gasteiger partial charge < -0.3 is 5.11 Å². The molecule has 0 aliphatic carbocycles. The van der Waals surface area contributed by atoms with Crippen molar-refractivity contribution in [1.29, 1.82) is 5.26 Å². The maximum atomic E-state index is 10.7. The lowest BCUT2D eigenvalue weighted by Crippen LogP contribution is -2.24. The maximum Gasteiger partial charge on any atom is 0.340 e. The molecule has 0 amide bonds. The van der Waals surface area contributed by atoms with E-state index in [1.54, 1.807) is 0 Å². The van der Waals surface area contributed by atoms with Gasteiger partial charge in [0.05, 0.1) is 11.7 Å². The second kappa shape index (κ2) is 3.14. The molecule has 5 nitrogen and oxygen atoms in total. The van der Waals surface area contributed by atoms with Gasteiger partial charge in [-0.25, -0.2) is 9.48 Å². The number of carboxylic acids is 1. The van der Waals surface area contributed by atoms with Crippen molar-refractivity contribution in [2.45, 2.75) is 26.3 Å². The number of aromatic nitrogens is 2. The fourth-order valence-electron chi connectivity index (χ4n) is 1.12. The summed E-state index contributed by atoms with van der Waals surface area (Å²) in [7, 11) is 0. The lowest BCUT2D eigenvalue weighted by atomic mass is 10.1. The Hall–Kier alpha value is -1.83. The first-order valence-corrected chi connectivity index (χ1v) is 4.10. The van der Waals surface area contributed by atoms with Crippen LogP contribution in [0, 0.1) is 11.3 Å². The predicted octanol–water partition coefficient (Wildman–Crippen LogP) is 1.21. The van der Waals surface area contributed by atoms with Crippen molar-refractivity contribution in [3.05, 3.63) is 17.5 Å². The van der Waals surface area contributed by atoms with E-state index in [2.05, 4.69) is 5.10 Å². The average Bonchev–Trinajstić information content (AvgIpc) is 2.45. The van der Waals surface area contributed by atoms with E-state index in [-0.39, 0.29) is 11.3 Å². The van der Waals surface area contributed by atoms with Gasteiger partial charge >= 0.3 is 5.97 Å². The molecule has 14 heavy (non-hydrogen) atoms. The van der Waals surface area contributed by atoms with Crippen molar-refractivity contribution in [1.82, 2.24) is 9.78 Å². The van der Waals surface area contributed by atoms with Crippen LogP contribution in [0.1, 0.15) is 36.8 Å². The Morgan fingerprint density at radius 3 is 2.57 bits per heavy atom. The van der Waals surface area contributed by atoms with E-state index < -0.39 is 11.5 Å². The van der Waals surface area contributed by atoms with Gasteiger partial charge in [0.15, 0.2) is 5.69 Å². The van der Waals surface area contributed by atoms with E-state index in [0.717, 1.165) is 0 Å². The summed E-state index contributed by atoms with van der Waals surface area (Å²) in [4.78, 5) is 10.7. The minimum atomic E-state index is -1.13. The largest absolute Gasteiger partial charge is 0.478 e. The van der Waals surface area contributed by atoms with Gasteiger partial charge in [0.1, 0.15) is 11.6 Å². The van der Waals surface area contributed by atoms with Crippen molar-refractivity contribution in [2.75, 3.05) is 0 Å². The van der Waals surface area contributed by atoms with Gasteiger partial charge in [0.2, 0.25) is 0 Å². The third-order valence-electron chi connectivity index (χ3n) is 1.74. The van der Waals surface area contributed by atoms with E-state index in [4.69, 9.17) is 10.4 Å². The van der Waals surface area contributed by atoms with Crippen molar-refractivity contribution in [2.24, 2.45) is 0 Å². The molecule has 0 fully saturated rings. The van der Waals surface area contributed by atoms with Crippen LogP contribution in [-0.4, -0.2) is 20.9 Å². The Kier molecular flexibility index (Phi) is 2.30. The van der Waals surface area contributed by atoms with Gasteiger partial charge in [0.25, 0.3) is 0 Å². The third kappa shape index (κ3) is 1.59. The smallest absolute Gasteiger partial charge is 0.340 e. The second-order valence-electron chi connectivity index (χ2n) is 3.91. The Bertz CT molecular complexity index is 407. The van der Waals surface area contributed by atoms with Crippen LogP contribution in [0.25, 0.3) is 0 Å². The average molecular weight is 193 g/mol. The molecule has 0 bridgehead atoms. The standard InChI is InChI=1S/C9H11N3O2/c1-9(2,3)12-7(4-10)6(5-11-12)8(13)14/h5H,1-3H3,(H,13,14). The molecule has 0 atom stereocenters. The van der Waals surface area contributed by atoms with Crippen LogP contribution < -0.4 is 0 Å². The van der Waals surface area contributed by atoms with Gasteiger partial charge in [-0.2, -0.15) is 10.4 Å². The summed E-state index contributed by atoms with van der Waals surface area (Å²) in [5.41, 5.74) is -0.355. The van der Waals surface area contributed by atoms with Crippen LogP contribution in [0.3, 0.4) is 0 Å². The number of nitrogens with zero attached hydrogens (tertiary/aromatic N) is 3. The number of rotatable bonds is 1. The van der Waals surface area contributed by atoms with Crippen LogP contribution in [0.15, 0.2) is 6.20 Å². The van der Waals surface area contributed by atoms with Gasteiger partial charge in [-0.15, -0.1) is 0 Å². The first kappa shape index (κ1) is 10.3. The molecule has 1 aromatic rings. The van der Waals surface area contributed by atoms with E-state index in [1.807, 2.05) is 26.8 Å². The fourth-order valence-corrected chi connectivity index (χ4v) is 1.12. The molecule has 74 valence electrons. The molecule has 5 heteroatoms. The molecule has 0 aliphatic rings. The predicted molar refractivity (Wildman–Crippen MR) is 48.9 cm³/mol. The molecule has 1 rings (SSSR count). The quantitative estimate of drug-likeness (QED) is 0.726. The van der Waals surface area contributed by atoms with Crippen molar-refractivity contribution < 1.29 is 9.90 Å². The normalized spacial score (nSPS) is 11.0. The number of hydrogen-bond acceptors (Lipinski definition) is 3. The summed E-state index contributed by atoms with van der Waals surface area (Å²) in [5.74, 6) is -1.13. The molecule has 1 N–H and O–H groups in total. The number of nitriles is 1. The minimum Gasteiger partial charge on any atom is -0.478 e. The summed E-state index contributed by atoms with van der Waals surface area (Å²) in [6.45, 7) is 5.56. The number of carbonyl (C=O) groups is 1. The number of carboxylic acid groups (broad SMARTS) is 1. The lowest BCUT2D eigenvalue weighted by molar-refractivity contribution is 0.0696. The summed E-state index contributed by atoms with van der Waals surface area (Å²) in [6.07, 6.45) is 1.20. The molecule has 0 aromatic carbocycles. The summed E-state index contributed by atoms with van der Waals surface area (Å²) < 4.78 is 1.41. The highest BCUT2D eigenvalue weighted by atomic mass is 16.4. The van der Waals surface area contributed by atoms with E-state index in [0.29, 0.717) is 0 Å². The second-order valence-corrected chi connectivity index (χ2v) is 3.91. The zero-order valence-electron chi connectivity index (χ0n) is 8.27. The lowest BCUT2D eigenvalue weighted by Gasteiger charge is -2.19. The SMILES string of the molecule is CC(C)(C)n1ncc(C(=O)O)c1C#N. The first-order valence-electron chi connectivity index (χ1n) is 4.10. The van der Waals surface area contributed by atoms with E-state index in [1.165, 1.54) is 10.9 Å². The Morgan fingerprint density at radius 2 is 2.21 bits per heavy atom. The van der Waals surface area contributed by atoms with Crippen molar-refractivity contribution in [3.63, 3.8) is 0 Å². The molecular weight excluding hydrogens is 182 g/mol. The van der Waals surface area contributed by atoms with E-state index >= 15 is 0 Å². The van der Waals surface area contributed by atoms with Crippen LogP contribution in [-0.2, 0) is 5.54 Å². The highest BCUT2D eigenvalue weighted by Crippen LogP contribution is 2.18. The van der Waals surface area contributed by atoms with Gasteiger partial charge in [-0.05, 0) is 20.8 Å². The molecule has 0 saturated carbocycles. The van der Waals surface area contributed by atoms with Crippen molar-refractivity contribution in [3.8, 4) is 6.07 Å². The third-order valence-corrected chi connectivity index (χ3v) is 1.74. The van der Waals surface area contributed by atoms with Crippen LogP contribution in [0.2, 0.25) is 0 Å². The van der Waals surface area contributed by atoms with E-state index in [9.17, 15) is 4.79 Å². The molecule has 0 unspecified atom stereocenters. The van der Waals surface area contributed by atoms with Gasteiger partial charge in [-0.3, -0.25) is 0 Å². The van der Waals surface area contributed by atoms with Crippen LogP contribution in [0.4, 0.5) is 0 Å². The Labute approximate surface area is 81.6 Å². The fraction of sp³-hybridized carbons (Fsp3) is 0.444.